The SMILES string of the molecule is CCC(C(=O)O)N(C)C(=O)CCC(C)(C)CCNC(=O)OCC1c2ccccc2-c2ccccc21. The first-order valence-electron chi connectivity index (χ1n) is 12.2. The predicted octanol–water partition coefficient (Wildman–Crippen LogP) is 5.04. The second kappa shape index (κ2) is 11.4. The van der Waals surface area contributed by atoms with Gasteiger partial charge in [0, 0.05) is 25.9 Å². The van der Waals surface area contributed by atoms with E-state index in [1.54, 1.807) is 6.92 Å². The summed E-state index contributed by atoms with van der Waals surface area (Å²) >= 11 is 0. The molecule has 1 aliphatic carbocycles. The molecule has 0 saturated heterocycles. The first-order chi connectivity index (χ1) is 16.6. The van der Waals surface area contributed by atoms with Crippen LogP contribution in [0, 0.1) is 5.41 Å². The van der Waals surface area contributed by atoms with Gasteiger partial charge in [0.1, 0.15) is 12.6 Å². The van der Waals surface area contributed by atoms with Crippen LogP contribution in [0.3, 0.4) is 0 Å². The molecule has 7 heteroatoms. The van der Waals surface area contributed by atoms with Crippen LogP contribution >= 0.6 is 0 Å². The maximum absolute atomic E-state index is 12.4. The molecule has 0 bridgehead atoms. The molecular weight excluding hydrogens is 444 g/mol. The number of benzene rings is 2. The number of hydrogen-bond acceptors (Lipinski definition) is 4. The summed E-state index contributed by atoms with van der Waals surface area (Å²) in [6.45, 7) is 6.52. The van der Waals surface area contributed by atoms with Gasteiger partial charge in [0.15, 0.2) is 0 Å². The molecule has 0 spiro atoms. The van der Waals surface area contributed by atoms with Crippen molar-refractivity contribution < 1.29 is 24.2 Å². The summed E-state index contributed by atoms with van der Waals surface area (Å²) in [6.07, 6.45) is 1.44. The zero-order chi connectivity index (χ0) is 25.6. The fraction of sp³-hybridized carbons (Fsp3) is 0.464. The number of nitrogens with zero attached hydrogens (tertiary/aromatic N) is 1. The molecule has 1 aliphatic rings. The number of fused-ring (bicyclic) bond motifs is 3. The van der Waals surface area contributed by atoms with Gasteiger partial charge in [-0.15, -0.1) is 0 Å². The highest BCUT2D eigenvalue weighted by molar-refractivity contribution is 5.83. The Balaban J connectivity index is 1.44. The average molecular weight is 481 g/mol. The van der Waals surface area contributed by atoms with Gasteiger partial charge in [-0.2, -0.15) is 0 Å². The number of carbonyl (C=O) groups excluding carboxylic acids is 2. The number of carboxylic acids is 1. The normalized spacial score (nSPS) is 13.5. The van der Waals surface area contributed by atoms with E-state index in [1.807, 2.05) is 38.1 Å². The van der Waals surface area contributed by atoms with Crippen LogP contribution in [0.4, 0.5) is 4.79 Å². The molecule has 0 aliphatic heterocycles. The number of aliphatic carboxylic acids is 1. The number of likely N-dealkylation sites (N-methyl/N-ethyl adjacent to an activating group) is 1. The van der Waals surface area contributed by atoms with E-state index < -0.39 is 18.1 Å². The Hall–Kier alpha value is -3.35. The van der Waals surface area contributed by atoms with Crippen LogP contribution < -0.4 is 5.32 Å². The van der Waals surface area contributed by atoms with Crippen LogP contribution in [0.5, 0.6) is 0 Å². The molecule has 2 aromatic carbocycles. The van der Waals surface area contributed by atoms with E-state index in [4.69, 9.17) is 4.74 Å². The molecule has 7 nitrogen and oxygen atoms in total. The van der Waals surface area contributed by atoms with E-state index in [0.29, 0.717) is 25.8 Å². The summed E-state index contributed by atoms with van der Waals surface area (Å²) in [6, 6.07) is 15.6. The zero-order valence-electron chi connectivity index (χ0n) is 21.0. The fourth-order valence-electron chi connectivity index (χ4n) is 4.69. The van der Waals surface area contributed by atoms with Crippen molar-refractivity contribution in [2.24, 2.45) is 5.41 Å². The minimum Gasteiger partial charge on any atom is -0.480 e. The Morgan fingerprint density at radius 1 is 1.03 bits per heavy atom. The number of rotatable bonds is 11. The molecular formula is C28H36N2O5. The molecule has 0 fully saturated rings. The minimum atomic E-state index is -0.991. The summed E-state index contributed by atoms with van der Waals surface area (Å²) < 4.78 is 5.58. The first kappa shape index (κ1) is 26.3. The van der Waals surface area contributed by atoms with E-state index in [2.05, 4.69) is 29.6 Å². The summed E-state index contributed by atoms with van der Waals surface area (Å²) in [5.74, 6) is -1.16. The van der Waals surface area contributed by atoms with Gasteiger partial charge < -0.3 is 20.1 Å². The van der Waals surface area contributed by atoms with Crippen molar-refractivity contribution in [3.05, 3.63) is 59.7 Å². The third kappa shape index (κ3) is 6.41. The van der Waals surface area contributed by atoms with Gasteiger partial charge in [-0.3, -0.25) is 4.79 Å². The fourth-order valence-corrected chi connectivity index (χ4v) is 4.69. The van der Waals surface area contributed by atoms with Crippen molar-refractivity contribution in [3.8, 4) is 11.1 Å². The maximum atomic E-state index is 12.4. The van der Waals surface area contributed by atoms with Gasteiger partial charge in [0.2, 0.25) is 5.91 Å². The smallest absolute Gasteiger partial charge is 0.407 e. The molecule has 0 radical (unpaired) electrons. The number of nitrogens with one attached hydrogen (secondary N) is 1. The maximum Gasteiger partial charge on any atom is 0.407 e. The van der Waals surface area contributed by atoms with Crippen molar-refractivity contribution in [2.45, 2.75) is 58.4 Å². The molecule has 2 aromatic rings. The van der Waals surface area contributed by atoms with Gasteiger partial charge in [0.05, 0.1) is 0 Å². The van der Waals surface area contributed by atoms with Gasteiger partial charge in [-0.05, 0) is 46.9 Å². The Bertz CT molecular complexity index is 1020. The standard InChI is InChI=1S/C28H36N2O5/c1-5-24(26(32)33)30(4)25(31)14-15-28(2,3)16-17-29-27(34)35-18-23-21-12-8-6-10-19(21)20-11-7-9-13-22(20)23/h6-13,23-24H,5,14-18H2,1-4H3,(H,29,34)(H,32,33). The number of amides is 2. The highest BCUT2D eigenvalue weighted by Gasteiger charge is 2.29. The Labute approximate surface area is 207 Å². The summed E-state index contributed by atoms with van der Waals surface area (Å²) in [4.78, 5) is 37.4. The first-order valence-corrected chi connectivity index (χ1v) is 12.2. The molecule has 2 N–H and O–H groups in total. The van der Waals surface area contributed by atoms with Crippen LogP contribution in [-0.4, -0.2) is 54.2 Å². The molecule has 0 saturated carbocycles. The highest BCUT2D eigenvalue weighted by Crippen LogP contribution is 2.44. The lowest BCUT2D eigenvalue weighted by Gasteiger charge is -2.28. The molecule has 1 unspecified atom stereocenters. The van der Waals surface area contributed by atoms with Crippen molar-refractivity contribution in [2.75, 3.05) is 20.2 Å². The number of carboxylic acid groups (broad SMARTS) is 1. The number of alkyl carbamates (subject to hydrolysis) is 1. The van der Waals surface area contributed by atoms with Gasteiger partial charge in [-0.25, -0.2) is 9.59 Å². The van der Waals surface area contributed by atoms with E-state index in [1.165, 1.54) is 34.2 Å². The van der Waals surface area contributed by atoms with E-state index >= 15 is 0 Å². The van der Waals surface area contributed by atoms with Gasteiger partial charge in [-0.1, -0.05) is 69.3 Å². The molecule has 1 atom stereocenters. The Kier molecular flexibility index (Phi) is 8.54. The lowest BCUT2D eigenvalue weighted by molar-refractivity contribution is -0.149. The minimum absolute atomic E-state index is 0.0188. The van der Waals surface area contributed by atoms with Gasteiger partial charge in [0.25, 0.3) is 0 Å². The largest absolute Gasteiger partial charge is 0.480 e. The Morgan fingerprint density at radius 3 is 2.14 bits per heavy atom. The van der Waals surface area contributed by atoms with E-state index in [-0.39, 0.29) is 30.3 Å². The van der Waals surface area contributed by atoms with Gasteiger partial charge >= 0.3 is 12.1 Å². The monoisotopic (exact) mass is 480 g/mol. The van der Waals surface area contributed by atoms with Crippen LogP contribution in [0.15, 0.2) is 48.5 Å². The number of ether oxygens (including phenoxy) is 1. The van der Waals surface area contributed by atoms with Crippen LogP contribution in [0.2, 0.25) is 0 Å². The molecule has 3 rings (SSSR count). The Morgan fingerprint density at radius 2 is 1.60 bits per heavy atom. The van der Waals surface area contributed by atoms with E-state index in [9.17, 15) is 19.5 Å². The molecule has 0 aromatic heterocycles. The second-order valence-electron chi connectivity index (χ2n) is 9.93. The van der Waals surface area contributed by atoms with Crippen molar-refractivity contribution in [3.63, 3.8) is 0 Å². The molecule has 35 heavy (non-hydrogen) atoms. The number of hydrogen-bond donors (Lipinski definition) is 2. The predicted molar refractivity (Wildman–Crippen MR) is 135 cm³/mol. The third-order valence-electron chi connectivity index (χ3n) is 6.96. The zero-order valence-corrected chi connectivity index (χ0v) is 21.0. The quantitative estimate of drug-likeness (QED) is 0.470. The summed E-state index contributed by atoms with van der Waals surface area (Å²) in [5.41, 5.74) is 4.52. The lowest BCUT2D eigenvalue weighted by Crippen LogP contribution is -2.42. The number of carbonyl (C=O) groups is 3. The van der Waals surface area contributed by atoms with Crippen molar-refractivity contribution >= 4 is 18.0 Å². The lowest BCUT2D eigenvalue weighted by atomic mass is 9.84. The van der Waals surface area contributed by atoms with Crippen LogP contribution in [0.25, 0.3) is 11.1 Å². The summed E-state index contributed by atoms with van der Waals surface area (Å²) in [5, 5.41) is 12.1. The highest BCUT2D eigenvalue weighted by atomic mass is 16.5. The average Bonchev–Trinajstić information content (AvgIpc) is 3.15. The van der Waals surface area contributed by atoms with E-state index in [0.717, 1.165) is 0 Å². The summed E-state index contributed by atoms with van der Waals surface area (Å²) in [7, 11) is 1.54. The second-order valence-corrected chi connectivity index (χ2v) is 9.93. The molecule has 0 heterocycles. The third-order valence-corrected chi connectivity index (χ3v) is 6.96. The molecule has 188 valence electrons. The van der Waals surface area contributed by atoms with Crippen molar-refractivity contribution in [1.29, 1.82) is 0 Å². The topological polar surface area (TPSA) is 95.9 Å². The van der Waals surface area contributed by atoms with Crippen molar-refractivity contribution in [1.82, 2.24) is 10.2 Å². The van der Waals surface area contributed by atoms with Crippen LogP contribution in [-0.2, 0) is 14.3 Å². The van der Waals surface area contributed by atoms with Crippen LogP contribution in [0.1, 0.15) is 63.5 Å². The molecule has 2 amide bonds.